The average molecular weight is 498 g/mol. The normalized spacial score (nSPS) is 20.8. The van der Waals surface area contributed by atoms with E-state index in [1.807, 2.05) is 11.0 Å². The number of halogens is 2. The molecule has 6 rings (SSSR count). The topological polar surface area (TPSA) is 87.9 Å². The van der Waals surface area contributed by atoms with E-state index in [1.54, 1.807) is 48.1 Å². The Morgan fingerprint density at radius 3 is 2.46 bits per heavy atom. The van der Waals surface area contributed by atoms with Gasteiger partial charge in [0.15, 0.2) is 0 Å². The molecule has 3 aromatic carbocycles. The van der Waals surface area contributed by atoms with E-state index in [-0.39, 0.29) is 29.6 Å². The molecule has 0 radical (unpaired) electrons. The first kappa shape index (κ1) is 23.3. The van der Waals surface area contributed by atoms with Crippen molar-refractivity contribution in [2.45, 2.75) is 43.8 Å². The molecule has 1 amide bonds. The van der Waals surface area contributed by atoms with Crippen molar-refractivity contribution in [3.63, 3.8) is 0 Å². The monoisotopic (exact) mass is 497 g/mol. The highest BCUT2D eigenvalue weighted by Gasteiger charge is 2.42. The van der Waals surface area contributed by atoms with Crippen molar-refractivity contribution in [2.75, 3.05) is 0 Å². The number of amides is 1. The molecule has 2 fully saturated rings. The molecule has 0 aliphatic carbocycles. The Kier molecular flexibility index (Phi) is 5.54. The van der Waals surface area contributed by atoms with E-state index in [4.69, 9.17) is 5.73 Å². The van der Waals surface area contributed by atoms with Gasteiger partial charge in [-0.25, -0.2) is 8.78 Å². The predicted octanol–water partition coefficient (Wildman–Crippen LogP) is 5.15. The van der Waals surface area contributed by atoms with Crippen LogP contribution in [0.25, 0.3) is 33.2 Å². The highest BCUT2D eigenvalue weighted by molar-refractivity contribution is 5.99. The summed E-state index contributed by atoms with van der Waals surface area (Å²) < 4.78 is 32.0. The van der Waals surface area contributed by atoms with E-state index in [9.17, 15) is 14.4 Å². The van der Waals surface area contributed by atoms with Gasteiger partial charge in [-0.05, 0) is 78.8 Å². The number of nitrogens with two attached hydrogens (primary N) is 1. The number of aryl methyl sites for hydroxylation is 1. The van der Waals surface area contributed by atoms with E-state index in [2.05, 4.69) is 5.10 Å². The van der Waals surface area contributed by atoms with Crippen molar-refractivity contribution >= 4 is 16.8 Å². The first-order chi connectivity index (χ1) is 17.9. The summed E-state index contributed by atoms with van der Waals surface area (Å²) in [5.41, 5.74) is 9.03. The van der Waals surface area contributed by atoms with Gasteiger partial charge in [0.25, 0.3) is 5.91 Å². The Hall–Kier alpha value is -4.09. The van der Waals surface area contributed by atoms with Crippen molar-refractivity contribution in [2.24, 2.45) is 12.8 Å². The third-order valence-electron chi connectivity index (χ3n) is 7.83. The van der Waals surface area contributed by atoms with Crippen molar-refractivity contribution < 1.29 is 13.6 Å². The number of nitriles is 1. The highest BCUT2D eigenvalue weighted by atomic mass is 19.1. The van der Waals surface area contributed by atoms with E-state index in [0.29, 0.717) is 38.7 Å². The maximum Gasteiger partial charge on any atom is 0.254 e. The molecule has 37 heavy (non-hydrogen) atoms. The molecule has 3 heterocycles. The van der Waals surface area contributed by atoms with Gasteiger partial charge >= 0.3 is 0 Å². The lowest BCUT2D eigenvalue weighted by molar-refractivity contribution is 0.0575. The number of hydrogen-bond donors (Lipinski definition) is 1. The Morgan fingerprint density at radius 2 is 1.76 bits per heavy atom. The second kappa shape index (κ2) is 8.79. The molecule has 4 aromatic rings. The van der Waals surface area contributed by atoms with Crippen molar-refractivity contribution in [1.29, 1.82) is 5.26 Å². The van der Waals surface area contributed by atoms with Gasteiger partial charge < -0.3 is 10.6 Å². The van der Waals surface area contributed by atoms with Gasteiger partial charge in [0.2, 0.25) is 0 Å². The molecule has 2 N–H and O–H groups in total. The van der Waals surface area contributed by atoms with Crippen LogP contribution in [-0.2, 0) is 7.05 Å². The van der Waals surface area contributed by atoms with Gasteiger partial charge in [-0.3, -0.25) is 9.48 Å². The zero-order valence-corrected chi connectivity index (χ0v) is 20.3. The third kappa shape index (κ3) is 3.78. The summed E-state index contributed by atoms with van der Waals surface area (Å²) in [6.45, 7) is 0. The first-order valence-electron chi connectivity index (χ1n) is 12.4. The molecule has 0 saturated carbocycles. The smallest absolute Gasteiger partial charge is 0.254 e. The van der Waals surface area contributed by atoms with Crippen LogP contribution in [0, 0.1) is 23.0 Å². The van der Waals surface area contributed by atoms with Crippen LogP contribution < -0.4 is 5.73 Å². The Balaban J connectivity index is 1.50. The molecule has 1 aromatic heterocycles. The van der Waals surface area contributed by atoms with Crippen LogP contribution in [0.4, 0.5) is 8.78 Å². The van der Waals surface area contributed by atoms with E-state index < -0.39 is 11.6 Å². The van der Waals surface area contributed by atoms with Gasteiger partial charge in [0, 0.05) is 36.3 Å². The minimum Gasteiger partial charge on any atom is -0.333 e. The van der Waals surface area contributed by atoms with Crippen LogP contribution in [0.3, 0.4) is 0 Å². The Labute approximate surface area is 212 Å². The summed E-state index contributed by atoms with van der Waals surface area (Å²) in [5, 5.41) is 13.7. The standard InChI is InChI=1S/C29H25F2N5O/c1-35-27-9-8-23(28(31)25(27)15-34-35)22-7-4-17(10-24(22)16-2-3-18(14-32)26(30)11-16)29(37)36-20-5-6-21(36)13-19(33)12-20/h2-4,7-11,15,19-21H,5-6,12-13,33H2,1H3/t19?,20-,21+. The first-order valence-corrected chi connectivity index (χ1v) is 12.4. The van der Waals surface area contributed by atoms with E-state index in [0.717, 1.165) is 25.7 Å². The molecular formula is C29H25F2N5O. The lowest BCUT2D eigenvalue weighted by Gasteiger charge is -2.38. The quantitative estimate of drug-likeness (QED) is 0.424. The summed E-state index contributed by atoms with van der Waals surface area (Å²) in [6, 6.07) is 15.0. The SMILES string of the molecule is Cn1ncc2c(F)c(-c3ccc(C(=O)N4[C@@H]5CC[C@H]4CC(N)C5)cc3-c3ccc(C#N)c(F)c3)ccc21. The zero-order chi connectivity index (χ0) is 25.8. The van der Waals surface area contributed by atoms with Crippen molar-refractivity contribution in [3.8, 4) is 28.3 Å². The number of nitrogens with zero attached hydrogens (tertiary/aromatic N) is 4. The largest absolute Gasteiger partial charge is 0.333 e. The third-order valence-corrected chi connectivity index (χ3v) is 7.83. The number of rotatable bonds is 3. The van der Waals surface area contributed by atoms with Crippen molar-refractivity contribution in [3.05, 3.63) is 77.5 Å². The summed E-state index contributed by atoms with van der Waals surface area (Å²) >= 11 is 0. The molecule has 186 valence electrons. The number of benzene rings is 3. The van der Waals surface area contributed by atoms with Crippen LogP contribution in [0.15, 0.2) is 54.7 Å². The number of fused-ring (bicyclic) bond motifs is 3. The fourth-order valence-corrected chi connectivity index (χ4v) is 6.03. The van der Waals surface area contributed by atoms with Crippen LogP contribution >= 0.6 is 0 Å². The second-order valence-electron chi connectivity index (χ2n) is 10.0. The average Bonchev–Trinajstić information content (AvgIpc) is 3.40. The fourth-order valence-electron chi connectivity index (χ4n) is 6.03. The van der Waals surface area contributed by atoms with Gasteiger partial charge in [0.05, 0.1) is 22.7 Å². The number of carbonyl (C=O) groups is 1. The van der Waals surface area contributed by atoms with Crippen molar-refractivity contribution in [1.82, 2.24) is 14.7 Å². The summed E-state index contributed by atoms with van der Waals surface area (Å²) in [4.78, 5) is 15.6. The van der Waals surface area contributed by atoms with Crippen LogP contribution in [0.1, 0.15) is 41.6 Å². The summed E-state index contributed by atoms with van der Waals surface area (Å²) in [7, 11) is 1.74. The molecule has 2 saturated heterocycles. The van der Waals surface area contributed by atoms with E-state index >= 15 is 4.39 Å². The maximum absolute atomic E-state index is 15.7. The van der Waals surface area contributed by atoms with Gasteiger partial charge in [-0.1, -0.05) is 12.1 Å². The lowest BCUT2D eigenvalue weighted by atomic mass is 9.90. The maximum atomic E-state index is 15.7. The molecular weight excluding hydrogens is 472 g/mol. The Morgan fingerprint density at radius 1 is 1.03 bits per heavy atom. The minimum atomic E-state index is -0.672. The molecule has 3 atom stereocenters. The molecule has 8 heteroatoms. The molecule has 6 nitrogen and oxygen atoms in total. The molecule has 2 aliphatic heterocycles. The van der Waals surface area contributed by atoms with Crippen LogP contribution in [0.2, 0.25) is 0 Å². The zero-order valence-electron chi connectivity index (χ0n) is 20.3. The lowest BCUT2D eigenvalue weighted by Crippen LogP contribution is -2.50. The van der Waals surface area contributed by atoms with Gasteiger partial charge in [-0.15, -0.1) is 0 Å². The highest BCUT2D eigenvalue weighted by Crippen LogP contribution is 2.40. The van der Waals surface area contributed by atoms with Crippen LogP contribution in [-0.4, -0.2) is 38.7 Å². The molecule has 0 spiro atoms. The van der Waals surface area contributed by atoms with Gasteiger partial charge in [0.1, 0.15) is 17.7 Å². The number of piperidine rings is 1. The number of aromatic nitrogens is 2. The van der Waals surface area contributed by atoms with Crippen LogP contribution in [0.5, 0.6) is 0 Å². The second-order valence-corrected chi connectivity index (χ2v) is 10.0. The fraction of sp³-hybridized carbons (Fsp3) is 0.276. The molecule has 2 bridgehead atoms. The summed E-state index contributed by atoms with van der Waals surface area (Å²) in [6.07, 6.45) is 4.91. The van der Waals surface area contributed by atoms with Gasteiger partial charge in [-0.2, -0.15) is 10.4 Å². The number of hydrogen-bond acceptors (Lipinski definition) is 4. The molecule has 1 unspecified atom stereocenters. The number of carbonyl (C=O) groups excluding carboxylic acids is 1. The summed E-state index contributed by atoms with van der Waals surface area (Å²) in [5.74, 6) is -1.21. The predicted molar refractivity (Wildman–Crippen MR) is 136 cm³/mol. The Bertz CT molecular complexity index is 1590. The minimum absolute atomic E-state index is 0.0817. The van der Waals surface area contributed by atoms with E-state index in [1.165, 1.54) is 18.3 Å². The molecule has 2 aliphatic rings.